The summed E-state index contributed by atoms with van der Waals surface area (Å²) in [6.45, 7) is 3.41. The molecule has 1 unspecified atom stereocenters. The zero-order chi connectivity index (χ0) is 22.1. The molecular weight excluding hydrogens is 400 g/mol. The molecule has 1 spiro atoms. The normalized spacial score (nSPS) is 23.2. The number of rotatable bonds is 5. The van der Waals surface area contributed by atoms with Crippen molar-refractivity contribution in [2.75, 3.05) is 38.8 Å². The predicted octanol–water partition coefficient (Wildman–Crippen LogP) is 5.07. The maximum absolute atomic E-state index is 11.7. The molecule has 170 valence electrons. The van der Waals surface area contributed by atoms with Gasteiger partial charge in [-0.05, 0) is 80.8 Å². The van der Waals surface area contributed by atoms with E-state index in [1.165, 1.54) is 63.4 Å². The molecule has 1 atom stereocenters. The fourth-order valence-electron chi connectivity index (χ4n) is 6.25. The number of carbonyl (C=O) groups is 1. The first-order valence-corrected chi connectivity index (χ1v) is 11.9. The molecule has 0 bridgehead atoms. The third-order valence-corrected chi connectivity index (χ3v) is 8.08. The maximum Gasteiger partial charge on any atom is 0.337 e. The Kier molecular flexibility index (Phi) is 5.85. The highest BCUT2D eigenvalue weighted by Gasteiger charge is 2.49. The van der Waals surface area contributed by atoms with Crippen LogP contribution in [0, 0.1) is 5.41 Å². The Morgan fingerprint density at radius 3 is 2.38 bits per heavy atom. The van der Waals surface area contributed by atoms with Gasteiger partial charge in [0, 0.05) is 36.4 Å². The lowest BCUT2D eigenvalue weighted by Crippen LogP contribution is -2.54. The number of piperidine rings is 1. The van der Waals surface area contributed by atoms with Crippen LogP contribution in [0.3, 0.4) is 0 Å². The average Bonchev–Trinajstić information content (AvgIpc) is 3.31. The number of para-hydroxylation sites is 1. The minimum Gasteiger partial charge on any atom is -0.496 e. The van der Waals surface area contributed by atoms with Gasteiger partial charge in [0.1, 0.15) is 5.75 Å². The standard InChI is InChI=1S/C27H34N2O3/c1-31-25-8-4-3-6-23(25)24-7-5-15-29(24)22-18-27(19-22)13-16-28(17-14-27)21-11-9-20(10-12-21)26(30)32-2/h3-4,6,8-12,22,24H,5,7,13-19H2,1-2H3. The van der Waals surface area contributed by atoms with Gasteiger partial charge in [0.15, 0.2) is 0 Å². The molecule has 1 aliphatic carbocycles. The van der Waals surface area contributed by atoms with Crippen molar-refractivity contribution in [3.05, 3.63) is 59.7 Å². The summed E-state index contributed by atoms with van der Waals surface area (Å²) >= 11 is 0. The maximum atomic E-state index is 11.7. The van der Waals surface area contributed by atoms with E-state index in [1.54, 1.807) is 7.11 Å². The predicted molar refractivity (Wildman–Crippen MR) is 126 cm³/mol. The lowest BCUT2D eigenvalue weighted by Gasteiger charge is -2.56. The summed E-state index contributed by atoms with van der Waals surface area (Å²) in [5, 5.41) is 0. The second kappa shape index (κ2) is 8.78. The molecule has 2 aromatic carbocycles. The molecule has 5 rings (SSSR count). The van der Waals surface area contributed by atoms with E-state index in [0.29, 0.717) is 23.1 Å². The first kappa shape index (κ1) is 21.3. The van der Waals surface area contributed by atoms with Crippen LogP contribution in [-0.2, 0) is 4.74 Å². The molecule has 32 heavy (non-hydrogen) atoms. The van der Waals surface area contributed by atoms with Crippen molar-refractivity contribution >= 4 is 11.7 Å². The van der Waals surface area contributed by atoms with Crippen LogP contribution in [0.25, 0.3) is 0 Å². The van der Waals surface area contributed by atoms with Crippen molar-refractivity contribution in [1.82, 2.24) is 4.90 Å². The third-order valence-electron chi connectivity index (χ3n) is 8.08. The number of hydrogen-bond acceptors (Lipinski definition) is 5. The number of likely N-dealkylation sites (tertiary alicyclic amines) is 1. The van der Waals surface area contributed by atoms with Crippen molar-refractivity contribution in [2.24, 2.45) is 5.41 Å². The number of anilines is 1. The molecule has 2 aromatic rings. The summed E-state index contributed by atoms with van der Waals surface area (Å²) < 4.78 is 10.5. The van der Waals surface area contributed by atoms with Crippen molar-refractivity contribution in [3.8, 4) is 5.75 Å². The van der Waals surface area contributed by atoms with Gasteiger partial charge in [0.05, 0.1) is 19.8 Å². The number of ether oxygens (including phenoxy) is 2. The van der Waals surface area contributed by atoms with E-state index in [0.717, 1.165) is 18.8 Å². The smallest absolute Gasteiger partial charge is 0.337 e. The third kappa shape index (κ3) is 3.88. The van der Waals surface area contributed by atoms with Gasteiger partial charge in [0.25, 0.3) is 0 Å². The molecule has 2 heterocycles. The van der Waals surface area contributed by atoms with E-state index < -0.39 is 0 Å². The number of nitrogens with zero attached hydrogens (tertiary/aromatic N) is 2. The van der Waals surface area contributed by atoms with Crippen LogP contribution in [0.15, 0.2) is 48.5 Å². The van der Waals surface area contributed by atoms with Crippen LogP contribution >= 0.6 is 0 Å². The van der Waals surface area contributed by atoms with Crippen molar-refractivity contribution in [1.29, 1.82) is 0 Å². The van der Waals surface area contributed by atoms with Crippen LogP contribution < -0.4 is 9.64 Å². The van der Waals surface area contributed by atoms with Gasteiger partial charge in [-0.15, -0.1) is 0 Å². The molecule has 1 saturated carbocycles. The van der Waals surface area contributed by atoms with E-state index in [4.69, 9.17) is 9.47 Å². The molecule has 5 nitrogen and oxygen atoms in total. The summed E-state index contributed by atoms with van der Waals surface area (Å²) in [6, 6.07) is 17.6. The van der Waals surface area contributed by atoms with E-state index >= 15 is 0 Å². The van der Waals surface area contributed by atoms with Gasteiger partial charge in [-0.25, -0.2) is 4.79 Å². The second-order valence-corrected chi connectivity index (χ2v) is 9.73. The van der Waals surface area contributed by atoms with Gasteiger partial charge in [-0.2, -0.15) is 0 Å². The SMILES string of the molecule is COC(=O)c1ccc(N2CCC3(CC2)CC(N2CCCC2c2ccccc2OC)C3)cc1. The topological polar surface area (TPSA) is 42.0 Å². The molecule has 3 fully saturated rings. The molecular formula is C27H34N2O3. The van der Waals surface area contributed by atoms with Gasteiger partial charge in [0.2, 0.25) is 0 Å². The molecule has 0 N–H and O–H groups in total. The Bertz CT molecular complexity index is 942. The van der Waals surface area contributed by atoms with Crippen LogP contribution in [0.1, 0.15) is 60.5 Å². The number of benzene rings is 2. The monoisotopic (exact) mass is 434 g/mol. The number of esters is 1. The second-order valence-electron chi connectivity index (χ2n) is 9.73. The quantitative estimate of drug-likeness (QED) is 0.615. The number of carbonyl (C=O) groups excluding carboxylic acids is 1. The summed E-state index contributed by atoms with van der Waals surface area (Å²) in [6.07, 6.45) is 7.69. The van der Waals surface area contributed by atoms with E-state index in [2.05, 4.69) is 46.2 Å². The van der Waals surface area contributed by atoms with Crippen molar-refractivity contribution in [3.63, 3.8) is 0 Å². The highest BCUT2D eigenvalue weighted by molar-refractivity contribution is 5.89. The average molecular weight is 435 g/mol. The van der Waals surface area contributed by atoms with Crippen LogP contribution in [0.4, 0.5) is 5.69 Å². The Hall–Kier alpha value is -2.53. The largest absolute Gasteiger partial charge is 0.496 e. The Morgan fingerprint density at radius 1 is 0.969 bits per heavy atom. The van der Waals surface area contributed by atoms with Gasteiger partial charge < -0.3 is 14.4 Å². The summed E-state index contributed by atoms with van der Waals surface area (Å²) in [5.41, 5.74) is 3.70. The molecule has 2 saturated heterocycles. The lowest BCUT2D eigenvalue weighted by atomic mass is 9.60. The van der Waals surface area contributed by atoms with E-state index in [-0.39, 0.29) is 5.97 Å². The summed E-state index contributed by atoms with van der Waals surface area (Å²) in [5.74, 6) is 0.757. The van der Waals surface area contributed by atoms with Crippen LogP contribution in [0.5, 0.6) is 5.75 Å². The first-order valence-electron chi connectivity index (χ1n) is 11.9. The minimum absolute atomic E-state index is 0.275. The van der Waals surface area contributed by atoms with Gasteiger partial charge in [-0.1, -0.05) is 18.2 Å². The highest BCUT2D eigenvalue weighted by Crippen LogP contribution is 2.54. The zero-order valence-corrected chi connectivity index (χ0v) is 19.3. The fourth-order valence-corrected chi connectivity index (χ4v) is 6.25. The lowest BCUT2D eigenvalue weighted by molar-refractivity contribution is -0.0229. The fraction of sp³-hybridized carbons (Fsp3) is 0.519. The van der Waals surface area contributed by atoms with Crippen LogP contribution in [-0.4, -0.2) is 50.8 Å². The number of methoxy groups -OCH3 is 2. The first-order chi connectivity index (χ1) is 15.6. The summed E-state index contributed by atoms with van der Waals surface area (Å²) in [7, 11) is 3.21. The molecule has 0 radical (unpaired) electrons. The van der Waals surface area contributed by atoms with E-state index in [9.17, 15) is 4.79 Å². The Balaban J connectivity index is 1.18. The molecule has 0 aromatic heterocycles. The Morgan fingerprint density at radius 2 is 1.69 bits per heavy atom. The molecule has 5 heteroatoms. The zero-order valence-electron chi connectivity index (χ0n) is 19.3. The highest BCUT2D eigenvalue weighted by atomic mass is 16.5. The van der Waals surface area contributed by atoms with Gasteiger partial charge in [-0.3, -0.25) is 4.90 Å². The van der Waals surface area contributed by atoms with Crippen molar-refractivity contribution in [2.45, 2.75) is 50.6 Å². The van der Waals surface area contributed by atoms with Crippen LogP contribution in [0.2, 0.25) is 0 Å². The minimum atomic E-state index is -0.275. The van der Waals surface area contributed by atoms with E-state index in [1.807, 2.05) is 12.1 Å². The van der Waals surface area contributed by atoms with Crippen molar-refractivity contribution < 1.29 is 14.3 Å². The molecule has 0 amide bonds. The Labute approximate surface area is 191 Å². The summed E-state index contributed by atoms with van der Waals surface area (Å²) in [4.78, 5) is 16.9. The molecule has 3 aliphatic rings. The number of hydrogen-bond donors (Lipinski definition) is 0. The molecule has 2 aliphatic heterocycles. The van der Waals surface area contributed by atoms with Gasteiger partial charge >= 0.3 is 5.97 Å².